The van der Waals surface area contributed by atoms with Crippen molar-refractivity contribution in [3.8, 4) is 0 Å². The summed E-state index contributed by atoms with van der Waals surface area (Å²) in [4.78, 5) is 23.7. The van der Waals surface area contributed by atoms with E-state index in [-0.39, 0.29) is 20.6 Å². The Balaban J connectivity index is 2.09. The van der Waals surface area contributed by atoms with Gasteiger partial charge in [0.2, 0.25) is 10.0 Å². The quantitative estimate of drug-likeness (QED) is 0.684. The predicted octanol–water partition coefficient (Wildman–Crippen LogP) is 3.18. The van der Waals surface area contributed by atoms with Gasteiger partial charge in [0.25, 0.3) is 5.91 Å². The number of hydrogen-bond donors (Lipinski definition) is 1. The molecule has 150 valence electrons. The highest BCUT2D eigenvalue weighted by Gasteiger charge is 2.22. The standard InChI is InChI=1S/C17H15Cl2FN2O5S/c1-22(2)28(25,26)14-8-10(6-7-11(14)18)21-15(23)9-27-17(24)16-12(19)4-3-5-13(16)20/h3-8H,9H2,1-2H3,(H,21,23). The van der Waals surface area contributed by atoms with Gasteiger partial charge < -0.3 is 10.1 Å². The third-order valence-electron chi connectivity index (χ3n) is 3.47. The van der Waals surface area contributed by atoms with Crippen molar-refractivity contribution < 1.29 is 27.1 Å². The molecule has 0 aliphatic carbocycles. The second-order valence-electron chi connectivity index (χ2n) is 5.65. The smallest absolute Gasteiger partial charge is 0.343 e. The second-order valence-corrected chi connectivity index (χ2v) is 8.59. The predicted molar refractivity (Wildman–Crippen MR) is 103 cm³/mol. The fourth-order valence-corrected chi connectivity index (χ4v) is 3.70. The molecule has 0 heterocycles. The van der Waals surface area contributed by atoms with Crippen LogP contribution in [-0.2, 0) is 19.6 Å². The SMILES string of the molecule is CN(C)S(=O)(=O)c1cc(NC(=O)COC(=O)c2c(F)cccc2Cl)ccc1Cl. The van der Waals surface area contributed by atoms with E-state index in [9.17, 15) is 22.4 Å². The van der Waals surface area contributed by atoms with Crippen LogP contribution in [0.4, 0.5) is 10.1 Å². The molecule has 1 amide bonds. The van der Waals surface area contributed by atoms with Crippen molar-refractivity contribution in [2.45, 2.75) is 4.90 Å². The molecule has 0 aromatic heterocycles. The number of carbonyl (C=O) groups is 2. The summed E-state index contributed by atoms with van der Waals surface area (Å²) in [6.45, 7) is -0.734. The molecule has 2 aromatic rings. The summed E-state index contributed by atoms with van der Waals surface area (Å²) >= 11 is 11.7. The van der Waals surface area contributed by atoms with E-state index in [1.54, 1.807) is 0 Å². The number of rotatable bonds is 6. The fraction of sp³-hybridized carbons (Fsp3) is 0.176. The molecule has 0 unspecified atom stereocenters. The van der Waals surface area contributed by atoms with Gasteiger partial charge in [0.1, 0.15) is 16.3 Å². The number of hydrogen-bond acceptors (Lipinski definition) is 5. The van der Waals surface area contributed by atoms with Crippen molar-refractivity contribution in [3.63, 3.8) is 0 Å². The molecule has 11 heteroatoms. The van der Waals surface area contributed by atoms with E-state index in [1.807, 2.05) is 0 Å². The lowest BCUT2D eigenvalue weighted by Crippen LogP contribution is -2.24. The van der Waals surface area contributed by atoms with Gasteiger partial charge in [-0.2, -0.15) is 0 Å². The Morgan fingerprint density at radius 2 is 1.82 bits per heavy atom. The van der Waals surface area contributed by atoms with E-state index in [1.165, 1.54) is 44.4 Å². The number of benzene rings is 2. The van der Waals surface area contributed by atoms with Gasteiger partial charge in [-0.25, -0.2) is 21.9 Å². The summed E-state index contributed by atoms with van der Waals surface area (Å²) in [5.41, 5.74) is -0.363. The lowest BCUT2D eigenvalue weighted by atomic mass is 10.2. The van der Waals surface area contributed by atoms with Crippen LogP contribution in [0.3, 0.4) is 0 Å². The normalized spacial score (nSPS) is 11.4. The maximum Gasteiger partial charge on any atom is 0.343 e. The highest BCUT2D eigenvalue weighted by Crippen LogP contribution is 2.27. The van der Waals surface area contributed by atoms with Gasteiger partial charge in [0.05, 0.1) is 10.0 Å². The van der Waals surface area contributed by atoms with E-state index in [0.29, 0.717) is 0 Å². The Labute approximate surface area is 171 Å². The molecule has 0 fully saturated rings. The molecule has 0 saturated carbocycles. The maximum atomic E-state index is 13.7. The van der Waals surface area contributed by atoms with Crippen LogP contribution >= 0.6 is 23.2 Å². The summed E-state index contributed by atoms with van der Waals surface area (Å²) in [7, 11) is -1.15. The second kappa shape index (κ2) is 8.87. The number of nitrogens with zero attached hydrogens (tertiary/aromatic N) is 1. The molecule has 2 rings (SSSR count). The third-order valence-corrected chi connectivity index (χ3v) is 6.09. The summed E-state index contributed by atoms with van der Waals surface area (Å²) in [5.74, 6) is -2.75. The molecule has 1 N–H and O–H groups in total. The number of anilines is 1. The van der Waals surface area contributed by atoms with Gasteiger partial charge >= 0.3 is 5.97 Å². The first kappa shape index (κ1) is 22.1. The first-order chi connectivity index (χ1) is 13.0. The molecule has 0 radical (unpaired) electrons. The van der Waals surface area contributed by atoms with Crippen molar-refractivity contribution in [3.05, 3.63) is 57.8 Å². The zero-order chi connectivity index (χ0) is 21.1. The van der Waals surface area contributed by atoms with E-state index in [4.69, 9.17) is 27.9 Å². The highest BCUT2D eigenvalue weighted by atomic mass is 35.5. The number of nitrogens with one attached hydrogen (secondary N) is 1. The Bertz CT molecular complexity index is 1010. The minimum Gasteiger partial charge on any atom is -0.452 e. The topological polar surface area (TPSA) is 92.8 Å². The zero-order valence-electron chi connectivity index (χ0n) is 14.7. The molecule has 2 aromatic carbocycles. The van der Waals surface area contributed by atoms with Crippen molar-refractivity contribution in [1.29, 1.82) is 0 Å². The van der Waals surface area contributed by atoms with Gasteiger partial charge in [0.15, 0.2) is 6.61 Å². The average Bonchev–Trinajstić information content (AvgIpc) is 2.61. The van der Waals surface area contributed by atoms with Crippen LogP contribution in [0.1, 0.15) is 10.4 Å². The van der Waals surface area contributed by atoms with E-state index in [0.717, 1.165) is 10.4 Å². The Kier molecular flexibility index (Phi) is 7.00. The number of amides is 1. The highest BCUT2D eigenvalue weighted by molar-refractivity contribution is 7.89. The largest absolute Gasteiger partial charge is 0.452 e. The minimum atomic E-state index is -3.83. The molecule has 0 aliphatic rings. The van der Waals surface area contributed by atoms with Crippen molar-refractivity contribution in [1.82, 2.24) is 4.31 Å². The number of ether oxygens (including phenoxy) is 1. The number of sulfonamides is 1. The summed E-state index contributed by atoms with van der Waals surface area (Å²) < 4.78 is 43.9. The summed E-state index contributed by atoms with van der Waals surface area (Å²) in [6, 6.07) is 7.51. The van der Waals surface area contributed by atoms with Crippen molar-refractivity contribution >= 4 is 50.8 Å². The first-order valence-electron chi connectivity index (χ1n) is 7.67. The fourth-order valence-electron chi connectivity index (χ4n) is 2.07. The molecule has 0 aliphatic heterocycles. The van der Waals surface area contributed by atoms with Gasteiger partial charge in [-0.3, -0.25) is 4.79 Å². The molecule has 0 saturated heterocycles. The Morgan fingerprint density at radius 3 is 2.43 bits per heavy atom. The molecule has 28 heavy (non-hydrogen) atoms. The van der Waals surface area contributed by atoms with Crippen LogP contribution in [0.15, 0.2) is 41.3 Å². The zero-order valence-corrected chi connectivity index (χ0v) is 17.0. The molecule has 0 spiro atoms. The number of halogens is 3. The van der Waals surface area contributed by atoms with Crippen LogP contribution in [0.5, 0.6) is 0 Å². The van der Waals surface area contributed by atoms with Crippen LogP contribution in [0.2, 0.25) is 10.0 Å². The van der Waals surface area contributed by atoms with Gasteiger partial charge in [-0.15, -0.1) is 0 Å². The van der Waals surface area contributed by atoms with Crippen LogP contribution in [0, 0.1) is 5.82 Å². The minimum absolute atomic E-state index is 0.0210. The molecular weight excluding hydrogens is 434 g/mol. The lowest BCUT2D eigenvalue weighted by Gasteiger charge is -2.14. The third kappa shape index (κ3) is 4.99. The number of esters is 1. The molecule has 0 atom stereocenters. The molecule has 0 bridgehead atoms. The Hall–Kier alpha value is -2.20. The van der Waals surface area contributed by atoms with E-state index < -0.39 is 39.9 Å². The van der Waals surface area contributed by atoms with Crippen LogP contribution in [0.25, 0.3) is 0 Å². The van der Waals surface area contributed by atoms with Gasteiger partial charge in [-0.05, 0) is 30.3 Å². The summed E-state index contributed by atoms with van der Waals surface area (Å²) in [5, 5.41) is 2.20. The van der Waals surface area contributed by atoms with Crippen LogP contribution < -0.4 is 5.32 Å². The van der Waals surface area contributed by atoms with E-state index in [2.05, 4.69) is 5.32 Å². The monoisotopic (exact) mass is 448 g/mol. The number of carbonyl (C=O) groups excluding carboxylic acids is 2. The molecular formula is C17H15Cl2FN2O5S. The van der Waals surface area contributed by atoms with Crippen LogP contribution in [-0.4, -0.2) is 45.3 Å². The first-order valence-corrected chi connectivity index (χ1v) is 9.86. The molecule has 7 nitrogen and oxygen atoms in total. The van der Waals surface area contributed by atoms with Gasteiger partial charge in [0, 0.05) is 19.8 Å². The Morgan fingerprint density at radius 1 is 1.14 bits per heavy atom. The summed E-state index contributed by atoms with van der Waals surface area (Å²) in [6.07, 6.45) is 0. The lowest BCUT2D eigenvalue weighted by molar-refractivity contribution is -0.119. The van der Waals surface area contributed by atoms with E-state index >= 15 is 0 Å². The average molecular weight is 449 g/mol. The van der Waals surface area contributed by atoms with Crippen molar-refractivity contribution in [2.75, 3.05) is 26.0 Å². The van der Waals surface area contributed by atoms with Gasteiger partial charge in [-0.1, -0.05) is 29.3 Å². The van der Waals surface area contributed by atoms with Crippen molar-refractivity contribution in [2.24, 2.45) is 0 Å². The maximum absolute atomic E-state index is 13.7.